The zero-order valence-corrected chi connectivity index (χ0v) is 33.2. The quantitative estimate of drug-likeness (QED) is 0.181. The van der Waals surface area contributed by atoms with Gasteiger partial charge in [0.1, 0.15) is 6.07 Å². The van der Waals surface area contributed by atoms with Gasteiger partial charge in [-0.2, -0.15) is 15.2 Å². The van der Waals surface area contributed by atoms with Crippen molar-refractivity contribution in [3.63, 3.8) is 0 Å². The number of aryl methyl sites for hydroxylation is 2. The predicted octanol–water partition coefficient (Wildman–Crippen LogP) is 12.5. The van der Waals surface area contributed by atoms with E-state index in [4.69, 9.17) is 15.0 Å². The number of hydrogen-bond donors (Lipinski definition) is 0. The lowest BCUT2D eigenvalue weighted by Gasteiger charge is -2.19. The lowest BCUT2D eigenvalue weighted by molar-refractivity contribution is 0.590. The maximum Gasteiger partial charge on any atom is 0.238 e. The molecule has 274 valence electrons. The van der Waals surface area contributed by atoms with Crippen molar-refractivity contribution in [3.8, 4) is 40.5 Å². The number of benzene rings is 6. The van der Waals surface area contributed by atoms with Gasteiger partial charge in [0.15, 0.2) is 11.6 Å². The highest BCUT2D eigenvalue weighted by molar-refractivity contribution is 6.11. The van der Waals surface area contributed by atoms with Crippen molar-refractivity contribution in [2.75, 3.05) is 0 Å². The Hall–Kier alpha value is -6.58. The van der Waals surface area contributed by atoms with Crippen molar-refractivity contribution in [1.82, 2.24) is 24.1 Å². The normalized spacial score (nSPS) is 12.3. The monoisotopic (exact) mass is 728 g/mol. The van der Waals surface area contributed by atoms with E-state index in [-0.39, 0.29) is 10.8 Å². The van der Waals surface area contributed by atoms with Crippen molar-refractivity contribution >= 4 is 43.6 Å². The third-order valence-electron chi connectivity index (χ3n) is 11.0. The number of nitrogens with zero attached hydrogens (tertiary/aromatic N) is 6. The standard InChI is InChI=1S/C50H44N6/c1-30-14-19-42-37(24-30)38-25-31(2)15-20-43(38)55(42)41-21-16-33(26-34(41)29-51)47-52-46(32-12-10-9-11-13-32)53-48(54-47)56-44-22-17-35(49(3,4)5)27-39(44)40-28-36(50(6,7)8)18-23-45(40)56/h9-28H,1-8H3. The van der Waals surface area contributed by atoms with Crippen LogP contribution in [0.15, 0.2) is 121 Å². The average Bonchev–Trinajstić information content (AvgIpc) is 3.68. The van der Waals surface area contributed by atoms with Crippen LogP contribution in [0.5, 0.6) is 0 Å². The molecule has 0 fully saturated rings. The Kier molecular flexibility index (Phi) is 8.00. The van der Waals surface area contributed by atoms with Gasteiger partial charge in [0.2, 0.25) is 5.95 Å². The summed E-state index contributed by atoms with van der Waals surface area (Å²) >= 11 is 0. The molecular formula is C50H44N6. The van der Waals surface area contributed by atoms with E-state index in [2.05, 4.69) is 143 Å². The second-order valence-electron chi connectivity index (χ2n) is 17.2. The average molecular weight is 729 g/mol. The Morgan fingerprint density at radius 2 is 0.964 bits per heavy atom. The molecule has 6 heteroatoms. The summed E-state index contributed by atoms with van der Waals surface area (Å²) in [7, 11) is 0. The minimum absolute atomic E-state index is 0.0210. The summed E-state index contributed by atoms with van der Waals surface area (Å²) in [6, 6.07) is 45.1. The van der Waals surface area contributed by atoms with Crippen LogP contribution in [0.3, 0.4) is 0 Å². The molecule has 0 N–H and O–H groups in total. The highest BCUT2D eigenvalue weighted by Crippen LogP contribution is 2.39. The van der Waals surface area contributed by atoms with Crippen LogP contribution in [0.1, 0.15) is 69.4 Å². The molecule has 3 aromatic heterocycles. The Morgan fingerprint density at radius 1 is 0.482 bits per heavy atom. The SMILES string of the molecule is Cc1ccc2c(c1)c1cc(C)ccc1n2-c1ccc(-c2nc(-c3ccccc3)nc(-n3c4ccc(C(C)(C)C)cc4c4cc(C(C)(C)C)ccc43)n2)cc1C#N. The van der Waals surface area contributed by atoms with Gasteiger partial charge in [0.25, 0.3) is 0 Å². The van der Waals surface area contributed by atoms with Crippen LogP contribution < -0.4 is 0 Å². The fraction of sp³-hybridized carbons (Fsp3) is 0.200. The smallest absolute Gasteiger partial charge is 0.238 e. The van der Waals surface area contributed by atoms with Gasteiger partial charge in [-0.05, 0) is 103 Å². The molecule has 9 rings (SSSR count). The summed E-state index contributed by atoms with van der Waals surface area (Å²) in [5, 5.41) is 15.4. The first kappa shape index (κ1) is 35.1. The van der Waals surface area contributed by atoms with Crippen LogP contribution in [-0.2, 0) is 10.8 Å². The van der Waals surface area contributed by atoms with Gasteiger partial charge in [0, 0.05) is 32.7 Å². The second-order valence-corrected chi connectivity index (χ2v) is 17.2. The first-order valence-electron chi connectivity index (χ1n) is 19.3. The van der Waals surface area contributed by atoms with E-state index in [1.165, 1.54) is 33.0 Å². The van der Waals surface area contributed by atoms with Crippen LogP contribution in [0.4, 0.5) is 0 Å². The number of aromatic nitrogens is 5. The van der Waals surface area contributed by atoms with Crippen molar-refractivity contribution in [1.29, 1.82) is 5.26 Å². The van der Waals surface area contributed by atoms with Gasteiger partial charge in [-0.3, -0.25) is 4.57 Å². The molecule has 0 spiro atoms. The molecule has 0 aliphatic carbocycles. The summed E-state index contributed by atoms with van der Waals surface area (Å²) in [6.45, 7) is 17.7. The molecule has 9 aromatic rings. The predicted molar refractivity (Wildman–Crippen MR) is 231 cm³/mol. The van der Waals surface area contributed by atoms with Gasteiger partial charge in [-0.1, -0.05) is 107 Å². The lowest BCUT2D eigenvalue weighted by Crippen LogP contribution is -2.10. The second kappa shape index (κ2) is 12.7. The first-order valence-corrected chi connectivity index (χ1v) is 19.3. The van der Waals surface area contributed by atoms with E-state index in [1.54, 1.807) is 0 Å². The zero-order valence-electron chi connectivity index (χ0n) is 33.2. The fourth-order valence-corrected chi connectivity index (χ4v) is 7.95. The maximum atomic E-state index is 10.7. The first-order chi connectivity index (χ1) is 26.8. The number of fused-ring (bicyclic) bond motifs is 6. The van der Waals surface area contributed by atoms with Gasteiger partial charge in [-0.25, -0.2) is 4.98 Å². The van der Waals surface area contributed by atoms with Crippen LogP contribution in [0.25, 0.3) is 78.0 Å². The van der Waals surface area contributed by atoms with Crippen LogP contribution >= 0.6 is 0 Å². The third kappa shape index (κ3) is 5.83. The molecule has 0 amide bonds. The van der Waals surface area contributed by atoms with Gasteiger partial charge < -0.3 is 4.57 Å². The van der Waals surface area contributed by atoms with Crippen molar-refractivity contribution in [2.45, 2.75) is 66.2 Å². The van der Waals surface area contributed by atoms with E-state index >= 15 is 0 Å². The van der Waals surface area contributed by atoms with E-state index in [0.717, 1.165) is 49.7 Å². The number of hydrogen-bond acceptors (Lipinski definition) is 4. The molecule has 3 heterocycles. The Bertz CT molecular complexity index is 2940. The molecule has 56 heavy (non-hydrogen) atoms. The number of rotatable bonds is 4. The highest BCUT2D eigenvalue weighted by Gasteiger charge is 2.24. The number of nitriles is 1. The molecule has 0 aliphatic rings. The van der Waals surface area contributed by atoms with Gasteiger partial charge in [-0.15, -0.1) is 0 Å². The molecule has 0 saturated heterocycles. The highest BCUT2D eigenvalue weighted by atomic mass is 15.2. The molecular weight excluding hydrogens is 685 g/mol. The molecule has 0 atom stereocenters. The maximum absolute atomic E-state index is 10.7. The Labute approximate surface area is 327 Å². The largest absolute Gasteiger partial charge is 0.308 e. The van der Waals surface area contributed by atoms with Gasteiger partial charge >= 0.3 is 0 Å². The van der Waals surface area contributed by atoms with E-state index in [1.807, 2.05) is 48.5 Å². The fourth-order valence-electron chi connectivity index (χ4n) is 7.95. The molecule has 0 aliphatic heterocycles. The summed E-state index contributed by atoms with van der Waals surface area (Å²) < 4.78 is 4.37. The van der Waals surface area contributed by atoms with Crippen molar-refractivity contribution < 1.29 is 0 Å². The summed E-state index contributed by atoms with van der Waals surface area (Å²) in [5.41, 5.74) is 12.0. The minimum Gasteiger partial charge on any atom is -0.308 e. The van der Waals surface area contributed by atoms with Crippen molar-refractivity contribution in [2.24, 2.45) is 0 Å². The topological polar surface area (TPSA) is 72.3 Å². The Balaban J connectivity index is 1.29. The summed E-state index contributed by atoms with van der Waals surface area (Å²) in [6.07, 6.45) is 0. The summed E-state index contributed by atoms with van der Waals surface area (Å²) in [5.74, 6) is 1.59. The van der Waals surface area contributed by atoms with E-state index in [0.29, 0.717) is 23.2 Å². The van der Waals surface area contributed by atoms with E-state index in [9.17, 15) is 5.26 Å². The minimum atomic E-state index is -0.0210. The third-order valence-corrected chi connectivity index (χ3v) is 11.0. The summed E-state index contributed by atoms with van der Waals surface area (Å²) in [4.78, 5) is 15.5. The van der Waals surface area contributed by atoms with Crippen LogP contribution in [-0.4, -0.2) is 24.1 Å². The molecule has 6 aromatic carbocycles. The molecule has 0 unspecified atom stereocenters. The zero-order chi connectivity index (χ0) is 39.1. The lowest BCUT2D eigenvalue weighted by atomic mass is 9.85. The van der Waals surface area contributed by atoms with Crippen molar-refractivity contribution in [3.05, 3.63) is 149 Å². The van der Waals surface area contributed by atoms with Crippen LogP contribution in [0.2, 0.25) is 0 Å². The molecule has 0 radical (unpaired) electrons. The molecule has 6 nitrogen and oxygen atoms in total. The van der Waals surface area contributed by atoms with Gasteiger partial charge in [0.05, 0.1) is 33.3 Å². The molecule has 0 bridgehead atoms. The van der Waals surface area contributed by atoms with Crippen LogP contribution in [0, 0.1) is 25.2 Å². The van der Waals surface area contributed by atoms with E-state index < -0.39 is 0 Å². The Morgan fingerprint density at radius 3 is 1.48 bits per heavy atom. The molecule has 0 saturated carbocycles.